The highest BCUT2D eigenvalue weighted by Gasteiger charge is 2.02. The van der Waals surface area contributed by atoms with E-state index in [1.807, 2.05) is 30.5 Å². The van der Waals surface area contributed by atoms with Gasteiger partial charge in [0, 0.05) is 40.5 Å². The molecule has 3 rings (SSSR count). The Morgan fingerprint density at radius 1 is 1.12 bits per heavy atom. The molecular formula is C21H23BrN4. The average Bonchev–Trinajstić information content (AvgIpc) is 2.65. The Hall–Kier alpha value is -2.37. The molecule has 2 aromatic carbocycles. The van der Waals surface area contributed by atoms with Gasteiger partial charge < -0.3 is 16.4 Å². The Labute approximate surface area is 162 Å². The normalized spacial score (nSPS) is 10.8. The van der Waals surface area contributed by atoms with Crippen molar-refractivity contribution in [2.45, 2.75) is 13.0 Å². The van der Waals surface area contributed by atoms with Gasteiger partial charge in [0.15, 0.2) is 0 Å². The molecular weight excluding hydrogens is 388 g/mol. The molecule has 0 saturated heterocycles. The second-order valence-electron chi connectivity index (χ2n) is 6.14. The van der Waals surface area contributed by atoms with Crippen molar-refractivity contribution in [2.24, 2.45) is 0 Å². The Bertz CT molecular complexity index is 908. The Kier molecular flexibility index (Phi) is 6.26. The molecule has 0 aliphatic heterocycles. The Morgan fingerprint density at radius 2 is 2.00 bits per heavy atom. The minimum atomic E-state index is 0.768. The quantitative estimate of drug-likeness (QED) is 0.368. The summed E-state index contributed by atoms with van der Waals surface area (Å²) in [6.07, 6.45) is 4.66. The van der Waals surface area contributed by atoms with Crippen LogP contribution in [0.3, 0.4) is 0 Å². The first-order chi connectivity index (χ1) is 12.7. The number of hydrogen-bond acceptors (Lipinski definition) is 4. The van der Waals surface area contributed by atoms with Crippen molar-refractivity contribution in [3.05, 3.63) is 70.8 Å². The van der Waals surface area contributed by atoms with Crippen molar-refractivity contribution in [1.82, 2.24) is 10.3 Å². The van der Waals surface area contributed by atoms with Crippen molar-refractivity contribution in [1.29, 1.82) is 0 Å². The predicted molar refractivity (Wildman–Crippen MR) is 115 cm³/mol. The number of halogens is 1. The van der Waals surface area contributed by atoms with E-state index in [9.17, 15) is 0 Å². The SMILES string of the molecule is C=Cc1cc(CNCCCNc2ccnc3cc(Br)ccc23)ccc1N. The third-order valence-corrected chi connectivity index (χ3v) is 4.74. The summed E-state index contributed by atoms with van der Waals surface area (Å²) < 4.78 is 1.04. The van der Waals surface area contributed by atoms with Gasteiger partial charge in [0.1, 0.15) is 0 Å². The number of nitrogens with one attached hydrogen (secondary N) is 2. The molecule has 0 fully saturated rings. The zero-order chi connectivity index (χ0) is 18.4. The lowest BCUT2D eigenvalue weighted by molar-refractivity contribution is 0.663. The number of benzene rings is 2. The molecule has 134 valence electrons. The third-order valence-electron chi connectivity index (χ3n) is 4.25. The van der Waals surface area contributed by atoms with Gasteiger partial charge in [0.25, 0.3) is 0 Å². The van der Waals surface area contributed by atoms with E-state index >= 15 is 0 Å². The first kappa shape index (κ1) is 18.4. The topological polar surface area (TPSA) is 63.0 Å². The van der Waals surface area contributed by atoms with E-state index in [0.29, 0.717) is 0 Å². The van der Waals surface area contributed by atoms with Gasteiger partial charge in [0.05, 0.1) is 5.52 Å². The van der Waals surface area contributed by atoms with E-state index in [1.54, 1.807) is 6.08 Å². The predicted octanol–water partition coefficient (Wildman–Crippen LogP) is 4.81. The number of nitrogens with zero attached hydrogens (tertiary/aromatic N) is 1. The number of nitrogen functional groups attached to an aromatic ring is 1. The number of pyridine rings is 1. The molecule has 0 atom stereocenters. The summed E-state index contributed by atoms with van der Waals surface area (Å²) in [6, 6.07) is 14.2. The zero-order valence-corrected chi connectivity index (χ0v) is 16.2. The van der Waals surface area contributed by atoms with E-state index in [0.717, 1.165) is 58.4 Å². The average molecular weight is 411 g/mol. The maximum Gasteiger partial charge on any atom is 0.0733 e. The standard InChI is InChI=1S/C21H23BrN4/c1-2-16-12-15(4-7-19(16)23)14-24-9-3-10-25-20-8-11-26-21-13-17(22)5-6-18(20)21/h2,4-8,11-13,24H,1,3,9-10,14,23H2,(H,25,26). The second-order valence-corrected chi connectivity index (χ2v) is 7.06. The lowest BCUT2D eigenvalue weighted by atomic mass is 10.1. The van der Waals surface area contributed by atoms with Gasteiger partial charge in [-0.3, -0.25) is 4.98 Å². The largest absolute Gasteiger partial charge is 0.398 e. The molecule has 0 radical (unpaired) electrons. The summed E-state index contributed by atoms with van der Waals surface area (Å²) in [4.78, 5) is 4.42. The molecule has 0 spiro atoms. The lowest BCUT2D eigenvalue weighted by Crippen LogP contribution is -2.17. The van der Waals surface area contributed by atoms with Crippen LogP contribution in [0.5, 0.6) is 0 Å². The molecule has 1 heterocycles. The molecule has 0 unspecified atom stereocenters. The molecule has 0 bridgehead atoms. The van der Waals surface area contributed by atoms with E-state index < -0.39 is 0 Å². The van der Waals surface area contributed by atoms with Crippen molar-refractivity contribution in [2.75, 3.05) is 24.1 Å². The lowest BCUT2D eigenvalue weighted by Gasteiger charge is -2.10. The van der Waals surface area contributed by atoms with E-state index in [-0.39, 0.29) is 0 Å². The minimum Gasteiger partial charge on any atom is -0.398 e. The van der Waals surface area contributed by atoms with Crippen LogP contribution in [0, 0.1) is 0 Å². The molecule has 0 saturated carbocycles. The Balaban J connectivity index is 1.46. The number of fused-ring (bicyclic) bond motifs is 1. The van der Waals surface area contributed by atoms with Gasteiger partial charge in [-0.05, 0) is 60.5 Å². The van der Waals surface area contributed by atoms with Crippen LogP contribution in [0.4, 0.5) is 11.4 Å². The van der Waals surface area contributed by atoms with Crippen molar-refractivity contribution >= 4 is 44.3 Å². The fraction of sp³-hybridized carbons (Fsp3) is 0.190. The molecule has 26 heavy (non-hydrogen) atoms. The molecule has 0 aliphatic rings. The van der Waals surface area contributed by atoms with Crippen molar-refractivity contribution in [3.8, 4) is 0 Å². The highest BCUT2D eigenvalue weighted by atomic mass is 79.9. The van der Waals surface area contributed by atoms with Gasteiger partial charge in [0.2, 0.25) is 0 Å². The van der Waals surface area contributed by atoms with Crippen molar-refractivity contribution < 1.29 is 0 Å². The van der Waals surface area contributed by atoms with Crippen LogP contribution in [0.25, 0.3) is 17.0 Å². The van der Waals surface area contributed by atoms with Gasteiger partial charge in [-0.2, -0.15) is 0 Å². The van der Waals surface area contributed by atoms with Crippen LogP contribution in [0.15, 0.2) is 59.7 Å². The monoisotopic (exact) mass is 410 g/mol. The smallest absolute Gasteiger partial charge is 0.0733 e. The number of hydrogen-bond donors (Lipinski definition) is 3. The first-order valence-electron chi connectivity index (χ1n) is 8.67. The highest BCUT2D eigenvalue weighted by Crippen LogP contribution is 2.24. The summed E-state index contributed by atoms with van der Waals surface area (Å²) in [7, 11) is 0. The third kappa shape index (κ3) is 4.62. The van der Waals surface area contributed by atoms with E-state index in [4.69, 9.17) is 5.73 Å². The number of aromatic nitrogens is 1. The van der Waals surface area contributed by atoms with Crippen LogP contribution in [-0.2, 0) is 6.54 Å². The van der Waals surface area contributed by atoms with Crippen LogP contribution < -0.4 is 16.4 Å². The van der Waals surface area contributed by atoms with Gasteiger partial charge in [-0.15, -0.1) is 0 Å². The maximum atomic E-state index is 5.89. The fourth-order valence-electron chi connectivity index (χ4n) is 2.86. The van der Waals surface area contributed by atoms with Gasteiger partial charge >= 0.3 is 0 Å². The molecule has 0 aliphatic carbocycles. The fourth-order valence-corrected chi connectivity index (χ4v) is 3.20. The summed E-state index contributed by atoms with van der Waals surface area (Å²) in [6.45, 7) is 6.46. The molecule has 4 N–H and O–H groups in total. The molecule has 3 aromatic rings. The number of anilines is 2. The molecule has 4 nitrogen and oxygen atoms in total. The summed E-state index contributed by atoms with van der Waals surface area (Å²) >= 11 is 3.49. The summed E-state index contributed by atoms with van der Waals surface area (Å²) in [5.74, 6) is 0. The number of nitrogens with two attached hydrogens (primary N) is 1. The maximum absolute atomic E-state index is 5.89. The second kappa shape index (κ2) is 8.83. The summed E-state index contributed by atoms with van der Waals surface area (Å²) in [5.41, 5.74) is 11.0. The van der Waals surface area contributed by atoms with E-state index in [2.05, 4.69) is 56.3 Å². The van der Waals surface area contributed by atoms with Crippen LogP contribution in [0.2, 0.25) is 0 Å². The van der Waals surface area contributed by atoms with Gasteiger partial charge in [-0.25, -0.2) is 0 Å². The Morgan fingerprint density at radius 3 is 2.85 bits per heavy atom. The van der Waals surface area contributed by atoms with Crippen molar-refractivity contribution in [3.63, 3.8) is 0 Å². The molecule has 1 aromatic heterocycles. The zero-order valence-electron chi connectivity index (χ0n) is 14.6. The van der Waals surface area contributed by atoms with Crippen LogP contribution in [0.1, 0.15) is 17.5 Å². The van der Waals surface area contributed by atoms with Crippen LogP contribution >= 0.6 is 15.9 Å². The van der Waals surface area contributed by atoms with Gasteiger partial charge in [-0.1, -0.05) is 34.7 Å². The van der Waals surface area contributed by atoms with Crippen LogP contribution in [-0.4, -0.2) is 18.1 Å². The van der Waals surface area contributed by atoms with E-state index in [1.165, 1.54) is 5.56 Å². The minimum absolute atomic E-state index is 0.768. The molecule has 0 amide bonds. The summed E-state index contributed by atoms with van der Waals surface area (Å²) in [5, 5.41) is 8.12. The molecule has 5 heteroatoms. The first-order valence-corrected chi connectivity index (χ1v) is 9.46. The highest BCUT2D eigenvalue weighted by molar-refractivity contribution is 9.10. The number of rotatable bonds is 8.